The summed E-state index contributed by atoms with van der Waals surface area (Å²) in [5, 5.41) is 12.4. The van der Waals surface area contributed by atoms with Crippen LogP contribution in [-0.2, 0) is 4.79 Å². The van der Waals surface area contributed by atoms with Crippen LogP contribution in [0.3, 0.4) is 0 Å². The number of hydrogen-bond acceptors (Lipinski definition) is 3. The highest BCUT2D eigenvalue weighted by molar-refractivity contribution is 5.72. The number of nitrogens with one attached hydrogen (secondary N) is 1. The standard InChI is InChI=1S/C12H24N2O2/c1-3-6-13-8-11-5-4-7-14(9-11)10(2)12(15)16/h10-11,13H,3-9H2,1-2H3,(H,15,16). The summed E-state index contributed by atoms with van der Waals surface area (Å²) in [7, 11) is 0. The average molecular weight is 228 g/mol. The molecule has 0 amide bonds. The van der Waals surface area contributed by atoms with Gasteiger partial charge in [0, 0.05) is 6.54 Å². The molecule has 1 fully saturated rings. The van der Waals surface area contributed by atoms with Crippen LogP contribution >= 0.6 is 0 Å². The number of aliphatic carboxylic acids is 1. The number of carbonyl (C=O) groups is 1. The van der Waals surface area contributed by atoms with E-state index in [1.807, 2.05) is 0 Å². The summed E-state index contributed by atoms with van der Waals surface area (Å²) in [5.41, 5.74) is 0. The van der Waals surface area contributed by atoms with E-state index in [4.69, 9.17) is 5.11 Å². The topological polar surface area (TPSA) is 52.6 Å². The maximum Gasteiger partial charge on any atom is 0.320 e. The van der Waals surface area contributed by atoms with Gasteiger partial charge in [-0.2, -0.15) is 0 Å². The molecule has 0 spiro atoms. The molecule has 0 bridgehead atoms. The van der Waals surface area contributed by atoms with E-state index in [0.29, 0.717) is 5.92 Å². The molecule has 0 radical (unpaired) electrons. The molecular formula is C12H24N2O2. The molecule has 4 heteroatoms. The number of carboxylic acid groups (broad SMARTS) is 1. The van der Waals surface area contributed by atoms with Gasteiger partial charge >= 0.3 is 5.97 Å². The van der Waals surface area contributed by atoms with Crippen LogP contribution in [0.2, 0.25) is 0 Å². The van der Waals surface area contributed by atoms with Crippen LogP contribution in [0.15, 0.2) is 0 Å². The highest BCUT2D eigenvalue weighted by Gasteiger charge is 2.26. The molecule has 1 aliphatic heterocycles. The highest BCUT2D eigenvalue weighted by atomic mass is 16.4. The zero-order valence-electron chi connectivity index (χ0n) is 10.4. The quantitative estimate of drug-likeness (QED) is 0.670. The first-order valence-corrected chi connectivity index (χ1v) is 6.32. The van der Waals surface area contributed by atoms with E-state index in [1.54, 1.807) is 6.92 Å². The molecule has 0 aliphatic carbocycles. The molecule has 1 aliphatic rings. The summed E-state index contributed by atoms with van der Waals surface area (Å²) in [6.07, 6.45) is 3.50. The summed E-state index contributed by atoms with van der Waals surface area (Å²) >= 11 is 0. The fraction of sp³-hybridized carbons (Fsp3) is 0.917. The summed E-state index contributed by atoms with van der Waals surface area (Å²) in [4.78, 5) is 13.0. The highest BCUT2D eigenvalue weighted by Crippen LogP contribution is 2.17. The number of likely N-dealkylation sites (tertiary alicyclic amines) is 1. The van der Waals surface area contributed by atoms with Gasteiger partial charge in [0.15, 0.2) is 0 Å². The van der Waals surface area contributed by atoms with Gasteiger partial charge < -0.3 is 10.4 Å². The van der Waals surface area contributed by atoms with Gasteiger partial charge in [-0.25, -0.2) is 0 Å². The van der Waals surface area contributed by atoms with Crippen LogP contribution in [-0.4, -0.2) is 48.2 Å². The van der Waals surface area contributed by atoms with Gasteiger partial charge in [-0.05, 0) is 51.7 Å². The lowest BCUT2D eigenvalue weighted by molar-refractivity contribution is -0.143. The summed E-state index contributed by atoms with van der Waals surface area (Å²) in [6.45, 7) is 7.88. The second-order valence-electron chi connectivity index (χ2n) is 4.72. The predicted octanol–water partition coefficient (Wildman–Crippen LogP) is 1.17. The Morgan fingerprint density at radius 3 is 3.00 bits per heavy atom. The van der Waals surface area contributed by atoms with Gasteiger partial charge in [0.1, 0.15) is 6.04 Å². The van der Waals surface area contributed by atoms with Crippen molar-refractivity contribution in [2.75, 3.05) is 26.2 Å². The SMILES string of the molecule is CCCNCC1CCCN(C(C)C(=O)O)C1. The lowest BCUT2D eigenvalue weighted by atomic mass is 9.97. The average Bonchev–Trinajstić information content (AvgIpc) is 2.29. The van der Waals surface area contributed by atoms with Crippen molar-refractivity contribution in [2.45, 2.75) is 39.2 Å². The van der Waals surface area contributed by atoms with Gasteiger partial charge in [0.05, 0.1) is 0 Å². The third-order valence-electron chi connectivity index (χ3n) is 3.32. The fourth-order valence-electron chi connectivity index (χ4n) is 2.25. The van der Waals surface area contributed by atoms with Crippen LogP contribution < -0.4 is 5.32 Å². The maximum absolute atomic E-state index is 10.9. The Hall–Kier alpha value is -0.610. The van der Waals surface area contributed by atoms with E-state index < -0.39 is 5.97 Å². The molecule has 2 atom stereocenters. The molecule has 16 heavy (non-hydrogen) atoms. The van der Waals surface area contributed by atoms with Crippen molar-refractivity contribution in [3.63, 3.8) is 0 Å². The zero-order valence-corrected chi connectivity index (χ0v) is 10.4. The van der Waals surface area contributed by atoms with Crippen molar-refractivity contribution in [1.82, 2.24) is 10.2 Å². The van der Waals surface area contributed by atoms with Crippen LogP contribution in [0.5, 0.6) is 0 Å². The number of hydrogen-bond donors (Lipinski definition) is 2. The molecular weight excluding hydrogens is 204 g/mol. The Kier molecular flexibility index (Phi) is 5.77. The monoisotopic (exact) mass is 228 g/mol. The molecule has 0 aromatic heterocycles. The van der Waals surface area contributed by atoms with E-state index in [9.17, 15) is 4.79 Å². The maximum atomic E-state index is 10.9. The number of nitrogens with zero attached hydrogens (tertiary/aromatic N) is 1. The largest absolute Gasteiger partial charge is 0.480 e. The fourth-order valence-corrected chi connectivity index (χ4v) is 2.25. The molecule has 1 heterocycles. The van der Waals surface area contributed by atoms with Gasteiger partial charge in [-0.15, -0.1) is 0 Å². The van der Waals surface area contributed by atoms with Gasteiger partial charge in [0.2, 0.25) is 0 Å². The number of carboxylic acids is 1. The van der Waals surface area contributed by atoms with Gasteiger partial charge in [0.25, 0.3) is 0 Å². The Balaban J connectivity index is 2.32. The minimum absolute atomic E-state index is 0.339. The Morgan fingerprint density at radius 1 is 1.62 bits per heavy atom. The summed E-state index contributed by atoms with van der Waals surface area (Å²) in [6, 6.07) is -0.339. The molecule has 2 unspecified atom stereocenters. The summed E-state index contributed by atoms with van der Waals surface area (Å²) in [5.74, 6) is -0.0933. The molecule has 0 saturated carbocycles. The normalized spacial score (nSPS) is 24.2. The zero-order chi connectivity index (χ0) is 12.0. The van der Waals surface area contributed by atoms with Crippen LogP contribution in [0.25, 0.3) is 0 Å². The van der Waals surface area contributed by atoms with Crippen molar-refractivity contribution in [1.29, 1.82) is 0 Å². The van der Waals surface area contributed by atoms with E-state index in [-0.39, 0.29) is 6.04 Å². The number of piperidine rings is 1. The van der Waals surface area contributed by atoms with Crippen LogP contribution in [0.4, 0.5) is 0 Å². The van der Waals surface area contributed by atoms with E-state index in [2.05, 4.69) is 17.1 Å². The number of rotatable bonds is 6. The lowest BCUT2D eigenvalue weighted by Gasteiger charge is -2.35. The van der Waals surface area contributed by atoms with Crippen LogP contribution in [0.1, 0.15) is 33.1 Å². The third-order valence-corrected chi connectivity index (χ3v) is 3.32. The second-order valence-corrected chi connectivity index (χ2v) is 4.72. The van der Waals surface area contributed by atoms with E-state index in [0.717, 1.165) is 39.0 Å². The summed E-state index contributed by atoms with van der Waals surface area (Å²) < 4.78 is 0. The molecule has 94 valence electrons. The molecule has 0 aromatic rings. The Labute approximate surface area is 98.0 Å². The van der Waals surface area contributed by atoms with Crippen molar-refractivity contribution < 1.29 is 9.90 Å². The third kappa shape index (κ3) is 4.10. The van der Waals surface area contributed by atoms with Crippen LogP contribution in [0, 0.1) is 5.92 Å². The van der Waals surface area contributed by atoms with E-state index in [1.165, 1.54) is 6.42 Å². The van der Waals surface area contributed by atoms with Crippen molar-refractivity contribution >= 4 is 5.97 Å². The minimum Gasteiger partial charge on any atom is -0.480 e. The first-order valence-electron chi connectivity index (χ1n) is 6.32. The van der Waals surface area contributed by atoms with E-state index >= 15 is 0 Å². The van der Waals surface area contributed by atoms with Crippen molar-refractivity contribution in [3.05, 3.63) is 0 Å². The Bertz CT molecular complexity index is 221. The first kappa shape index (κ1) is 13.5. The van der Waals surface area contributed by atoms with Gasteiger partial charge in [-0.1, -0.05) is 6.92 Å². The molecule has 2 N–H and O–H groups in total. The Morgan fingerprint density at radius 2 is 2.38 bits per heavy atom. The molecule has 4 nitrogen and oxygen atoms in total. The molecule has 0 aromatic carbocycles. The molecule has 1 rings (SSSR count). The van der Waals surface area contributed by atoms with Crippen molar-refractivity contribution in [3.8, 4) is 0 Å². The van der Waals surface area contributed by atoms with Crippen molar-refractivity contribution in [2.24, 2.45) is 5.92 Å². The second kappa shape index (κ2) is 6.86. The molecule has 1 saturated heterocycles. The predicted molar refractivity (Wildman–Crippen MR) is 64.6 cm³/mol. The lowest BCUT2D eigenvalue weighted by Crippen LogP contribution is -2.47. The minimum atomic E-state index is -0.706. The smallest absolute Gasteiger partial charge is 0.320 e. The van der Waals surface area contributed by atoms with Gasteiger partial charge in [-0.3, -0.25) is 9.69 Å². The first-order chi connectivity index (χ1) is 7.65.